The molecule has 13 heteroatoms. The van der Waals surface area contributed by atoms with Crippen molar-refractivity contribution in [1.82, 2.24) is 24.3 Å². The Balaban J connectivity index is 1.03. The molecule has 0 radical (unpaired) electrons. The van der Waals surface area contributed by atoms with Crippen molar-refractivity contribution in [3.8, 4) is 0 Å². The van der Waals surface area contributed by atoms with E-state index in [1.165, 1.54) is 16.2 Å². The van der Waals surface area contributed by atoms with Crippen LogP contribution in [0.3, 0.4) is 0 Å². The quantitative estimate of drug-likeness (QED) is 0.361. The molecule has 1 aromatic carbocycles. The van der Waals surface area contributed by atoms with Crippen molar-refractivity contribution in [3.05, 3.63) is 28.7 Å². The summed E-state index contributed by atoms with van der Waals surface area (Å²) in [5.41, 5.74) is 1.93. The summed E-state index contributed by atoms with van der Waals surface area (Å²) in [4.78, 5) is 80.0. The Bertz CT molecular complexity index is 1610. The molecule has 6 rings (SSSR count). The molecule has 0 spiro atoms. The fourth-order valence-electron chi connectivity index (χ4n) is 7.96. The molecule has 4 aliphatic rings. The second-order valence-corrected chi connectivity index (χ2v) is 13.5. The standard InChI is InChI=1S/C33H44N6O7/c1-19-18-37(15-14-23-9-11-26(32(44)46-3)38(23)30(19)42)31(43)21-6-4-20(5-7-21)17-34-22-8-10-24-27(16-22)36(2)33(45)39(24)25-12-13-28(40)35-29(25)41/h8,10,16,19-21,23,25-26,34H,4-7,9,11-15,17-18H2,1-3H3,(H,35,40,41)/t19-,20?,21?,23+,25?,26-/m0/s1. The number of aromatic nitrogens is 2. The number of rotatable bonds is 6. The van der Waals surface area contributed by atoms with Crippen molar-refractivity contribution in [2.45, 2.75) is 82.8 Å². The normalized spacial score (nSPS) is 28.8. The lowest BCUT2D eigenvalue weighted by Gasteiger charge is -2.39. The van der Waals surface area contributed by atoms with Crippen LogP contribution < -0.4 is 16.3 Å². The Kier molecular flexibility index (Phi) is 8.93. The fraction of sp³-hybridized carbons (Fsp3) is 0.636. The molecule has 4 atom stereocenters. The summed E-state index contributed by atoms with van der Waals surface area (Å²) in [6.07, 6.45) is 5.92. The number of imidazole rings is 1. The van der Waals surface area contributed by atoms with E-state index in [1.807, 2.05) is 30.0 Å². The first kappa shape index (κ1) is 31.8. The number of nitrogens with zero attached hydrogens (tertiary/aromatic N) is 4. The van der Waals surface area contributed by atoms with E-state index < -0.39 is 18.0 Å². The summed E-state index contributed by atoms with van der Waals surface area (Å²) in [5.74, 6) is -1.12. The average molecular weight is 637 g/mol. The van der Waals surface area contributed by atoms with Crippen LogP contribution in [0, 0.1) is 17.8 Å². The van der Waals surface area contributed by atoms with Gasteiger partial charge < -0.3 is 19.9 Å². The Morgan fingerprint density at radius 2 is 1.74 bits per heavy atom. The van der Waals surface area contributed by atoms with Gasteiger partial charge in [-0.3, -0.25) is 33.6 Å². The minimum atomic E-state index is -0.718. The first-order chi connectivity index (χ1) is 22.1. The Morgan fingerprint density at radius 3 is 2.46 bits per heavy atom. The molecule has 46 heavy (non-hydrogen) atoms. The van der Waals surface area contributed by atoms with Gasteiger partial charge in [-0.2, -0.15) is 0 Å². The molecule has 4 amide bonds. The monoisotopic (exact) mass is 636 g/mol. The third-order valence-electron chi connectivity index (χ3n) is 10.6. The number of methoxy groups -OCH3 is 1. The van der Waals surface area contributed by atoms with Gasteiger partial charge in [-0.1, -0.05) is 6.92 Å². The molecular weight excluding hydrogens is 592 g/mol. The summed E-state index contributed by atoms with van der Waals surface area (Å²) in [6.45, 7) is 3.54. The second-order valence-electron chi connectivity index (χ2n) is 13.5. The van der Waals surface area contributed by atoms with Crippen LogP contribution in [0.1, 0.15) is 70.8 Å². The van der Waals surface area contributed by atoms with Crippen LogP contribution in [0.15, 0.2) is 23.0 Å². The van der Waals surface area contributed by atoms with E-state index in [0.29, 0.717) is 49.3 Å². The number of benzene rings is 1. The van der Waals surface area contributed by atoms with Crippen molar-refractivity contribution in [2.75, 3.05) is 32.1 Å². The predicted octanol–water partition coefficient (Wildman–Crippen LogP) is 1.94. The van der Waals surface area contributed by atoms with E-state index in [9.17, 15) is 28.8 Å². The molecule has 4 heterocycles. The van der Waals surface area contributed by atoms with Gasteiger partial charge in [0.05, 0.1) is 24.1 Å². The third-order valence-corrected chi connectivity index (χ3v) is 10.6. The first-order valence-corrected chi connectivity index (χ1v) is 16.5. The number of esters is 1. The number of aryl methyl sites for hydroxylation is 1. The number of hydrogen-bond acceptors (Lipinski definition) is 8. The minimum Gasteiger partial charge on any atom is -0.467 e. The first-order valence-electron chi connectivity index (χ1n) is 16.5. The van der Waals surface area contributed by atoms with Crippen LogP contribution in [-0.4, -0.2) is 87.4 Å². The van der Waals surface area contributed by atoms with Crippen molar-refractivity contribution >= 4 is 46.3 Å². The fourth-order valence-corrected chi connectivity index (χ4v) is 7.96. The Labute approximate surface area is 267 Å². The van der Waals surface area contributed by atoms with Gasteiger partial charge in [-0.25, -0.2) is 9.59 Å². The van der Waals surface area contributed by atoms with Crippen LogP contribution in [0.2, 0.25) is 0 Å². The molecular formula is C33H44N6O7. The van der Waals surface area contributed by atoms with Crippen LogP contribution in [-0.2, 0) is 35.8 Å². The van der Waals surface area contributed by atoms with Gasteiger partial charge in [0, 0.05) is 50.7 Å². The summed E-state index contributed by atoms with van der Waals surface area (Å²) in [5, 5.41) is 5.84. The van der Waals surface area contributed by atoms with E-state index in [-0.39, 0.29) is 53.7 Å². The second kappa shape index (κ2) is 12.9. The average Bonchev–Trinajstić information content (AvgIpc) is 3.58. The van der Waals surface area contributed by atoms with E-state index in [1.54, 1.807) is 11.9 Å². The number of carbonyl (C=O) groups is 5. The van der Waals surface area contributed by atoms with Crippen molar-refractivity contribution in [3.63, 3.8) is 0 Å². The molecule has 2 N–H and O–H groups in total. The largest absolute Gasteiger partial charge is 0.467 e. The van der Waals surface area contributed by atoms with Crippen LogP contribution in [0.5, 0.6) is 0 Å². The molecule has 4 fully saturated rings. The highest BCUT2D eigenvalue weighted by Gasteiger charge is 2.45. The number of nitrogens with one attached hydrogen (secondary N) is 2. The maximum Gasteiger partial charge on any atom is 0.329 e. The smallest absolute Gasteiger partial charge is 0.329 e. The van der Waals surface area contributed by atoms with Gasteiger partial charge in [0.25, 0.3) is 0 Å². The number of carbonyl (C=O) groups excluding carboxylic acids is 5. The Hall–Kier alpha value is -4.16. The van der Waals surface area contributed by atoms with E-state index in [4.69, 9.17) is 4.74 Å². The van der Waals surface area contributed by atoms with Crippen LogP contribution in [0.25, 0.3) is 11.0 Å². The zero-order chi connectivity index (χ0) is 32.7. The molecule has 1 aromatic heterocycles. The van der Waals surface area contributed by atoms with Gasteiger partial charge >= 0.3 is 11.7 Å². The SMILES string of the molecule is COC(=O)[C@@H]1CC[C@@H]2CCN(C(=O)C3CCC(CNc4ccc5c(c4)n(C)c(=O)n5C4CCC(=O)NC4=O)CC3)C[C@H](C)C(=O)N21. The van der Waals surface area contributed by atoms with Gasteiger partial charge in [0.2, 0.25) is 23.6 Å². The van der Waals surface area contributed by atoms with E-state index >= 15 is 0 Å². The highest BCUT2D eigenvalue weighted by atomic mass is 16.5. The molecule has 1 unspecified atom stereocenters. The van der Waals surface area contributed by atoms with Crippen molar-refractivity contribution < 1.29 is 28.7 Å². The van der Waals surface area contributed by atoms with E-state index in [2.05, 4.69) is 10.6 Å². The van der Waals surface area contributed by atoms with Gasteiger partial charge in [-0.05, 0) is 75.5 Å². The summed E-state index contributed by atoms with van der Waals surface area (Å²) >= 11 is 0. The highest BCUT2D eigenvalue weighted by molar-refractivity contribution is 6.00. The predicted molar refractivity (Wildman–Crippen MR) is 169 cm³/mol. The zero-order valence-electron chi connectivity index (χ0n) is 26.8. The van der Waals surface area contributed by atoms with Crippen LogP contribution in [0.4, 0.5) is 5.69 Å². The summed E-state index contributed by atoms with van der Waals surface area (Å²) < 4.78 is 7.95. The molecule has 2 aromatic rings. The zero-order valence-corrected chi connectivity index (χ0v) is 26.8. The molecule has 248 valence electrons. The van der Waals surface area contributed by atoms with Gasteiger partial charge in [-0.15, -0.1) is 0 Å². The molecule has 3 saturated heterocycles. The number of hydrogen-bond donors (Lipinski definition) is 2. The van der Waals surface area contributed by atoms with E-state index in [0.717, 1.165) is 44.3 Å². The lowest BCUT2D eigenvalue weighted by Crippen LogP contribution is -2.53. The minimum absolute atomic E-state index is 0.0471. The summed E-state index contributed by atoms with van der Waals surface area (Å²) in [6, 6.07) is 4.37. The highest BCUT2D eigenvalue weighted by Crippen LogP contribution is 2.34. The maximum atomic E-state index is 13.6. The molecule has 13 nitrogen and oxygen atoms in total. The maximum absolute atomic E-state index is 13.6. The third kappa shape index (κ3) is 5.91. The molecule has 3 aliphatic heterocycles. The van der Waals surface area contributed by atoms with Gasteiger partial charge in [0.1, 0.15) is 12.1 Å². The lowest BCUT2D eigenvalue weighted by atomic mass is 9.81. The molecule has 1 aliphatic carbocycles. The number of anilines is 1. The number of ether oxygens (including phenoxy) is 1. The number of amides is 4. The Morgan fingerprint density at radius 1 is 0.978 bits per heavy atom. The van der Waals surface area contributed by atoms with Gasteiger partial charge in [0.15, 0.2) is 0 Å². The topological polar surface area (TPSA) is 152 Å². The molecule has 1 saturated carbocycles. The molecule has 0 bridgehead atoms. The number of fused-ring (bicyclic) bond motifs is 2. The summed E-state index contributed by atoms with van der Waals surface area (Å²) in [7, 11) is 3.04. The van der Waals surface area contributed by atoms with Crippen molar-refractivity contribution in [1.29, 1.82) is 0 Å². The lowest BCUT2D eigenvalue weighted by molar-refractivity contribution is -0.155. The van der Waals surface area contributed by atoms with Crippen molar-refractivity contribution in [2.24, 2.45) is 24.8 Å². The number of piperidine rings is 1. The number of imide groups is 1. The van der Waals surface area contributed by atoms with Crippen LogP contribution >= 0.6 is 0 Å².